The molecule has 8 heteroatoms. The van der Waals surface area contributed by atoms with Crippen LogP contribution in [0.5, 0.6) is 0 Å². The van der Waals surface area contributed by atoms with Gasteiger partial charge in [-0.2, -0.15) is 4.98 Å². The van der Waals surface area contributed by atoms with Crippen molar-refractivity contribution in [1.82, 2.24) is 14.9 Å². The maximum Gasteiger partial charge on any atom is 0.329 e. The van der Waals surface area contributed by atoms with Crippen LogP contribution in [0.2, 0.25) is 0 Å². The predicted molar refractivity (Wildman–Crippen MR) is 69.9 cm³/mol. The second kappa shape index (κ2) is 4.61. The van der Waals surface area contributed by atoms with Crippen LogP contribution < -0.4 is 10.6 Å². The van der Waals surface area contributed by atoms with E-state index in [-0.39, 0.29) is 11.6 Å². The van der Waals surface area contributed by atoms with Crippen molar-refractivity contribution in [1.29, 1.82) is 0 Å². The third-order valence-corrected chi connectivity index (χ3v) is 3.85. The molecule has 0 amide bonds. The van der Waals surface area contributed by atoms with Crippen molar-refractivity contribution >= 4 is 17.5 Å². The van der Waals surface area contributed by atoms with Gasteiger partial charge in [0.2, 0.25) is 11.8 Å². The highest BCUT2D eigenvalue weighted by molar-refractivity contribution is 5.58. The van der Waals surface area contributed by atoms with Crippen molar-refractivity contribution in [2.45, 2.75) is 18.9 Å². The van der Waals surface area contributed by atoms with Gasteiger partial charge in [-0.15, -0.1) is 0 Å². The minimum Gasteiger partial charge on any atom is -0.368 e. The summed E-state index contributed by atoms with van der Waals surface area (Å²) >= 11 is 0. The van der Waals surface area contributed by atoms with Crippen LogP contribution in [0, 0.1) is 10.1 Å². The molecule has 2 saturated heterocycles. The summed E-state index contributed by atoms with van der Waals surface area (Å²) in [6.07, 6.45) is 3.54. The van der Waals surface area contributed by atoms with E-state index < -0.39 is 4.92 Å². The van der Waals surface area contributed by atoms with E-state index in [0.29, 0.717) is 11.9 Å². The molecule has 1 aromatic rings. The molecule has 3 rings (SSSR count). The Bertz CT molecular complexity index is 508. The summed E-state index contributed by atoms with van der Waals surface area (Å²) < 4.78 is 0. The van der Waals surface area contributed by atoms with Crippen LogP contribution >= 0.6 is 0 Å². The first-order chi connectivity index (χ1) is 9.15. The van der Waals surface area contributed by atoms with E-state index in [1.54, 1.807) is 0 Å². The first-order valence-electron chi connectivity index (χ1n) is 6.41. The zero-order chi connectivity index (χ0) is 13.4. The Balaban J connectivity index is 1.89. The highest BCUT2D eigenvalue weighted by atomic mass is 16.6. The molecule has 0 radical (unpaired) electrons. The third-order valence-electron chi connectivity index (χ3n) is 3.85. The molecule has 19 heavy (non-hydrogen) atoms. The number of piperazine rings is 1. The van der Waals surface area contributed by atoms with Gasteiger partial charge >= 0.3 is 5.69 Å². The molecular weight excluding hydrogens is 248 g/mol. The first kappa shape index (κ1) is 12.1. The Labute approximate surface area is 110 Å². The maximum absolute atomic E-state index is 11.1. The van der Waals surface area contributed by atoms with Gasteiger partial charge in [0.25, 0.3) is 0 Å². The smallest absolute Gasteiger partial charge is 0.329 e. The topological polar surface area (TPSA) is 101 Å². The predicted octanol–water partition coefficient (Wildman–Crippen LogP) is 0.251. The minimum atomic E-state index is -0.449. The average Bonchev–Trinajstić information content (AvgIpc) is 2.85. The van der Waals surface area contributed by atoms with Gasteiger partial charge in [0.1, 0.15) is 6.20 Å². The van der Waals surface area contributed by atoms with Crippen molar-refractivity contribution in [3.63, 3.8) is 0 Å². The van der Waals surface area contributed by atoms with Crippen LogP contribution in [0.15, 0.2) is 6.20 Å². The number of nitro groups is 1. The average molecular weight is 264 g/mol. The van der Waals surface area contributed by atoms with E-state index in [1.165, 1.54) is 12.6 Å². The lowest BCUT2D eigenvalue weighted by molar-refractivity contribution is -0.384. The fraction of sp³-hybridized carbons (Fsp3) is 0.636. The van der Waals surface area contributed by atoms with Gasteiger partial charge in [-0.1, -0.05) is 0 Å². The van der Waals surface area contributed by atoms with Gasteiger partial charge in [0, 0.05) is 25.7 Å². The summed E-state index contributed by atoms with van der Waals surface area (Å²) in [7, 11) is 0. The molecule has 1 aromatic heterocycles. The lowest BCUT2D eigenvalue weighted by atomic mass is 10.1. The van der Waals surface area contributed by atoms with Crippen molar-refractivity contribution in [3.8, 4) is 0 Å². The number of anilines is 2. The number of fused-ring (bicyclic) bond motifs is 1. The molecule has 2 fully saturated rings. The molecule has 0 bridgehead atoms. The number of hydrogen-bond acceptors (Lipinski definition) is 7. The quantitative estimate of drug-likeness (QED) is 0.603. The summed E-state index contributed by atoms with van der Waals surface area (Å²) in [6.45, 7) is 3.57. The van der Waals surface area contributed by atoms with Crippen molar-refractivity contribution in [2.24, 2.45) is 0 Å². The number of hydrogen-bond donors (Lipinski definition) is 1. The van der Waals surface area contributed by atoms with Gasteiger partial charge in [0.05, 0.1) is 4.92 Å². The molecule has 1 unspecified atom stereocenters. The molecule has 0 spiro atoms. The van der Waals surface area contributed by atoms with Crippen LogP contribution in [-0.4, -0.2) is 52.0 Å². The number of aromatic nitrogens is 2. The second-order valence-electron chi connectivity index (χ2n) is 4.97. The summed E-state index contributed by atoms with van der Waals surface area (Å²) in [5.74, 6) is 0.429. The summed E-state index contributed by atoms with van der Waals surface area (Å²) in [5, 5.41) is 11.1. The third kappa shape index (κ3) is 2.19. The summed E-state index contributed by atoms with van der Waals surface area (Å²) in [6, 6.07) is 0.476. The largest absolute Gasteiger partial charge is 0.368 e. The van der Waals surface area contributed by atoms with Gasteiger partial charge in [0.15, 0.2) is 0 Å². The number of nitrogen functional groups attached to an aromatic ring is 1. The highest BCUT2D eigenvalue weighted by Crippen LogP contribution is 2.30. The molecule has 2 aliphatic heterocycles. The molecule has 0 aliphatic carbocycles. The van der Waals surface area contributed by atoms with E-state index >= 15 is 0 Å². The molecule has 2 aliphatic rings. The zero-order valence-electron chi connectivity index (χ0n) is 10.5. The summed E-state index contributed by atoms with van der Waals surface area (Å²) in [5.41, 5.74) is 5.49. The van der Waals surface area contributed by atoms with Crippen molar-refractivity contribution in [3.05, 3.63) is 16.3 Å². The van der Waals surface area contributed by atoms with E-state index in [2.05, 4.69) is 14.9 Å². The van der Waals surface area contributed by atoms with Gasteiger partial charge in [-0.3, -0.25) is 15.0 Å². The molecule has 2 N–H and O–H groups in total. The van der Waals surface area contributed by atoms with Gasteiger partial charge in [-0.05, 0) is 19.4 Å². The van der Waals surface area contributed by atoms with E-state index in [9.17, 15) is 10.1 Å². The zero-order valence-corrected chi connectivity index (χ0v) is 10.5. The molecule has 102 valence electrons. The van der Waals surface area contributed by atoms with E-state index in [1.807, 2.05) is 4.90 Å². The van der Waals surface area contributed by atoms with Crippen LogP contribution in [-0.2, 0) is 0 Å². The molecule has 8 nitrogen and oxygen atoms in total. The first-order valence-corrected chi connectivity index (χ1v) is 6.41. The Morgan fingerprint density at radius 1 is 1.42 bits per heavy atom. The van der Waals surface area contributed by atoms with Gasteiger partial charge < -0.3 is 10.6 Å². The Morgan fingerprint density at radius 3 is 3.05 bits per heavy atom. The van der Waals surface area contributed by atoms with Crippen LogP contribution in [0.3, 0.4) is 0 Å². The second-order valence-corrected chi connectivity index (χ2v) is 4.97. The monoisotopic (exact) mass is 264 g/mol. The van der Waals surface area contributed by atoms with Crippen molar-refractivity contribution in [2.75, 3.05) is 36.8 Å². The standard InChI is InChI=1S/C11H16N6O2/c12-11-13-6-9(17(18)19)10(14-11)16-5-4-15-3-1-2-8(15)7-16/h6,8H,1-5,7H2,(H2,12,13,14). The number of nitrogens with zero attached hydrogens (tertiary/aromatic N) is 5. The highest BCUT2D eigenvalue weighted by Gasteiger charge is 2.33. The lowest BCUT2D eigenvalue weighted by Gasteiger charge is -2.37. The lowest BCUT2D eigenvalue weighted by Crippen LogP contribution is -2.50. The molecule has 1 atom stereocenters. The summed E-state index contributed by atoms with van der Waals surface area (Å²) in [4.78, 5) is 22.8. The van der Waals surface area contributed by atoms with E-state index in [0.717, 1.165) is 32.6 Å². The van der Waals surface area contributed by atoms with Crippen LogP contribution in [0.4, 0.5) is 17.5 Å². The Kier molecular flexibility index (Phi) is 2.94. The normalized spacial score (nSPS) is 23.4. The van der Waals surface area contributed by atoms with E-state index in [4.69, 9.17) is 5.73 Å². The molecule has 3 heterocycles. The minimum absolute atomic E-state index is 0.0688. The van der Waals surface area contributed by atoms with Crippen molar-refractivity contribution < 1.29 is 4.92 Å². The van der Waals surface area contributed by atoms with Crippen LogP contribution in [0.25, 0.3) is 0 Å². The number of rotatable bonds is 2. The fourth-order valence-electron chi connectivity index (χ4n) is 2.92. The Morgan fingerprint density at radius 2 is 2.26 bits per heavy atom. The SMILES string of the molecule is Nc1ncc([N+](=O)[O-])c(N2CCN3CCCC3C2)n1. The van der Waals surface area contributed by atoms with Crippen LogP contribution in [0.1, 0.15) is 12.8 Å². The molecular formula is C11H16N6O2. The Hall–Kier alpha value is -1.96. The molecule has 0 saturated carbocycles. The van der Waals surface area contributed by atoms with Gasteiger partial charge in [-0.25, -0.2) is 4.98 Å². The maximum atomic E-state index is 11.1. The number of nitrogens with two attached hydrogens (primary N) is 1. The molecule has 0 aromatic carbocycles. The fourth-order valence-corrected chi connectivity index (χ4v) is 2.92.